The summed E-state index contributed by atoms with van der Waals surface area (Å²) in [5.41, 5.74) is -0.667. The van der Waals surface area contributed by atoms with Gasteiger partial charge in [0, 0.05) is 19.6 Å². The summed E-state index contributed by atoms with van der Waals surface area (Å²) in [6.07, 6.45) is 8.80. The van der Waals surface area contributed by atoms with Crippen LogP contribution >= 0.6 is 0 Å². The first-order valence-corrected chi connectivity index (χ1v) is 8.27. The molecule has 0 aromatic carbocycles. The number of carboxylic acid groups (broad SMARTS) is 1. The Kier molecular flexibility index (Phi) is 5.48. The fourth-order valence-corrected chi connectivity index (χ4v) is 3.41. The van der Waals surface area contributed by atoms with Gasteiger partial charge in [-0.3, -0.25) is 4.79 Å². The van der Waals surface area contributed by atoms with Gasteiger partial charge in [0.2, 0.25) is 0 Å². The summed E-state index contributed by atoms with van der Waals surface area (Å²) in [6, 6.07) is -0.0335. The molecule has 2 amide bonds. The zero-order chi connectivity index (χ0) is 15.3. The van der Waals surface area contributed by atoms with E-state index >= 15 is 0 Å². The maximum Gasteiger partial charge on any atom is 0.317 e. The molecule has 2 aliphatic rings. The van der Waals surface area contributed by atoms with Crippen molar-refractivity contribution in [3.63, 3.8) is 0 Å². The van der Waals surface area contributed by atoms with E-state index in [0.29, 0.717) is 25.9 Å². The average molecular weight is 296 g/mol. The van der Waals surface area contributed by atoms with Gasteiger partial charge in [-0.15, -0.1) is 0 Å². The van der Waals surface area contributed by atoms with Crippen molar-refractivity contribution in [3.8, 4) is 0 Å². The molecule has 1 aliphatic heterocycles. The van der Waals surface area contributed by atoms with E-state index in [1.54, 1.807) is 11.8 Å². The van der Waals surface area contributed by atoms with Crippen LogP contribution in [0, 0.1) is 11.3 Å². The molecule has 2 N–H and O–H groups in total. The van der Waals surface area contributed by atoms with Crippen LogP contribution in [0.3, 0.4) is 0 Å². The number of amides is 2. The number of nitrogens with one attached hydrogen (secondary N) is 1. The number of carboxylic acids is 1. The standard InChI is InChI=1S/C16H28N2O3/c1-16(14(19)20)8-11-18(12-9-16)15(21)17-10-4-7-13-5-2-3-6-13/h13H,2-12H2,1H3,(H,17,21)(H,19,20). The fourth-order valence-electron chi connectivity index (χ4n) is 3.41. The van der Waals surface area contributed by atoms with Gasteiger partial charge < -0.3 is 15.3 Å². The number of carbonyl (C=O) groups is 2. The average Bonchev–Trinajstić information content (AvgIpc) is 2.97. The topological polar surface area (TPSA) is 69.6 Å². The summed E-state index contributed by atoms with van der Waals surface area (Å²) >= 11 is 0. The Morgan fingerprint density at radius 2 is 1.86 bits per heavy atom. The summed E-state index contributed by atoms with van der Waals surface area (Å²) in [5, 5.41) is 12.2. The number of piperidine rings is 1. The fraction of sp³-hybridized carbons (Fsp3) is 0.875. The third-order valence-electron chi connectivity index (χ3n) is 5.21. The summed E-state index contributed by atoms with van der Waals surface area (Å²) in [6.45, 7) is 3.59. The monoisotopic (exact) mass is 296 g/mol. The highest BCUT2D eigenvalue weighted by molar-refractivity contribution is 5.76. The lowest BCUT2D eigenvalue weighted by Gasteiger charge is -2.36. The number of likely N-dealkylation sites (tertiary alicyclic amines) is 1. The van der Waals surface area contributed by atoms with Crippen molar-refractivity contribution < 1.29 is 14.7 Å². The van der Waals surface area contributed by atoms with E-state index < -0.39 is 11.4 Å². The van der Waals surface area contributed by atoms with Gasteiger partial charge >= 0.3 is 12.0 Å². The molecule has 1 saturated heterocycles. The van der Waals surface area contributed by atoms with Crippen molar-refractivity contribution in [2.24, 2.45) is 11.3 Å². The van der Waals surface area contributed by atoms with Crippen molar-refractivity contribution in [2.75, 3.05) is 19.6 Å². The molecule has 0 bridgehead atoms. The number of nitrogens with zero attached hydrogens (tertiary/aromatic N) is 1. The Labute approximate surface area is 127 Å². The Morgan fingerprint density at radius 3 is 2.43 bits per heavy atom. The van der Waals surface area contributed by atoms with Crippen LogP contribution in [0.2, 0.25) is 0 Å². The molecule has 120 valence electrons. The van der Waals surface area contributed by atoms with Gasteiger partial charge in [-0.25, -0.2) is 4.79 Å². The lowest BCUT2D eigenvalue weighted by atomic mass is 9.80. The molecule has 5 nitrogen and oxygen atoms in total. The molecular formula is C16H28N2O3. The molecule has 2 rings (SSSR count). The summed E-state index contributed by atoms with van der Waals surface area (Å²) in [4.78, 5) is 25.0. The van der Waals surface area contributed by atoms with Crippen LogP contribution in [-0.2, 0) is 4.79 Å². The molecule has 21 heavy (non-hydrogen) atoms. The lowest BCUT2D eigenvalue weighted by Crippen LogP contribution is -2.48. The third-order valence-corrected chi connectivity index (χ3v) is 5.21. The summed E-state index contributed by atoms with van der Waals surface area (Å²) in [7, 11) is 0. The van der Waals surface area contributed by atoms with Gasteiger partial charge in [-0.1, -0.05) is 25.7 Å². The number of hydrogen-bond acceptors (Lipinski definition) is 2. The van der Waals surface area contributed by atoms with Crippen LogP contribution in [0.4, 0.5) is 4.79 Å². The van der Waals surface area contributed by atoms with Crippen molar-refractivity contribution in [1.29, 1.82) is 0 Å². The van der Waals surface area contributed by atoms with E-state index in [1.807, 2.05) is 0 Å². The van der Waals surface area contributed by atoms with Crippen LogP contribution in [0.25, 0.3) is 0 Å². The minimum absolute atomic E-state index is 0.0335. The van der Waals surface area contributed by atoms with E-state index in [9.17, 15) is 14.7 Å². The Morgan fingerprint density at radius 1 is 1.24 bits per heavy atom. The highest BCUT2D eigenvalue weighted by Crippen LogP contribution is 2.31. The zero-order valence-corrected chi connectivity index (χ0v) is 13.1. The van der Waals surface area contributed by atoms with Crippen molar-refractivity contribution in [1.82, 2.24) is 10.2 Å². The third kappa shape index (κ3) is 4.35. The molecule has 2 fully saturated rings. The molecule has 0 spiro atoms. The lowest BCUT2D eigenvalue weighted by molar-refractivity contribution is -0.150. The van der Waals surface area contributed by atoms with E-state index in [1.165, 1.54) is 32.1 Å². The van der Waals surface area contributed by atoms with Crippen molar-refractivity contribution in [2.45, 2.75) is 58.3 Å². The van der Waals surface area contributed by atoms with Gasteiger partial charge in [0.15, 0.2) is 0 Å². The highest BCUT2D eigenvalue weighted by Gasteiger charge is 2.37. The van der Waals surface area contributed by atoms with Crippen molar-refractivity contribution >= 4 is 12.0 Å². The van der Waals surface area contributed by atoms with Gasteiger partial charge in [-0.2, -0.15) is 0 Å². The molecule has 0 radical (unpaired) electrons. The minimum Gasteiger partial charge on any atom is -0.481 e. The number of rotatable bonds is 5. The molecule has 1 aliphatic carbocycles. The highest BCUT2D eigenvalue weighted by atomic mass is 16.4. The van der Waals surface area contributed by atoms with Crippen LogP contribution in [0.1, 0.15) is 58.3 Å². The van der Waals surface area contributed by atoms with Crippen LogP contribution in [-0.4, -0.2) is 41.6 Å². The summed E-state index contributed by atoms with van der Waals surface area (Å²) < 4.78 is 0. The second-order valence-electron chi connectivity index (χ2n) is 6.88. The molecule has 0 unspecified atom stereocenters. The van der Waals surface area contributed by atoms with E-state index in [-0.39, 0.29) is 6.03 Å². The maximum atomic E-state index is 12.0. The predicted molar refractivity (Wildman–Crippen MR) is 81.1 cm³/mol. The maximum absolute atomic E-state index is 12.0. The smallest absolute Gasteiger partial charge is 0.317 e. The SMILES string of the molecule is CC1(C(=O)O)CCN(C(=O)NCCCC2CCCC2)CC1. The van der Waals surface area contributed by atoms with E-state index in [2.05, 4.69) is 5.32 Å². The van der Waals surface area contributed by atoms with Crippen LogP contribution < -0.4 is 5.32 Å². The zero-order valence-electron chi connectivity index (χ0n) is 13.1. The molecule has 0 aromatic heterocycles. The molecule has 0 aromatic rings. The Balaban J connectivity index is 1.62. The van der Waals surface area contributed by atoms with Crippen LogP contribution in [0.15, 0.2) is 0 Å². The second kappa shape index (κ2) is 7.14. The largest absolute Gasteiger partial charge is 0.481 e. The number of hydrogen-bond donors (Lipinski definition) is 2. The molecule has 5 heteroatoms. The first kappa shape index (κ1) is 16.1. The van der Waals surface area contributed by atoms with Crippen molar-refractivity contribution in [3.05, 3.63) is 0 Å². The molecule has 1 saturated carbocycles. The number of aliphatic carboxylic acids is 1. The normalized spacial score (nSPS) is 22.2. The van der Waals surface area contributed by atoms with Gasteiger partial charge in [-0.05, 0) is 38.5 Å². The second-order valence-corrected chi connectivity index (χ2v) is 6.88. The number of carbonyl (C=O) groups excluding carboxylic acids is 1. The Bertz CT molecular complexity index is 370. The van der Waals surface area contributed by atoms with Gasteiger partial charge in [0.1, 0.15) is 0 Å². The van der Waals surface area contributed by atoms with E-state index in [0.717, 1.165) is 18.9 Å². The molecule has 1 heterocycles. The summed E-state index contributed by atoms with van der Waals surface area (Å²) in [5.74, 6) is 0.118. The molecule has 0 atom stereocenters. The molecular weight excluding hydrogens is 268 g/mol. The van der Waals surface area contributed by atoms with Gasteiger partial charge in [0.05, 0.1) is 5.41 Å². The quantitative estimate of drug-likeness (QED) is 0.766. The first-order valence-electron chi connectivity index (χ1n) is 8.27. The first-order chi connectivity index (χ1) is 10.0. The Hall–Kier alpha value is -1.26. The van der Waals surface area contributed by atoms with E-state index in [4.69, 9.17) is 0 Å². The predicted octanol–water partition coefficient (Wildman–Crippen LogP) is 2.85. The number of urea groups is 1. The van der Waals surface area contributed by atoms with Gasteiger partial charge in [0.25, 0.3) is 0 Å². The minimum atomic E-state index is -0.751. The van der Waals surface area contributed by atoms with Crippen LogP contribution in [0.5, 0.6) is 0 Å².